The second-order valence-electron chi connectivity index (χ2n) is 1.08. The smallest absolute Gasteiger partial charge is 0.0863 e. The molecule has 0 amide bonds. The third kappa shape index (κ3) is 5.66. The van der Waals surface area contributed by atoms with E-state index in [0.29, 0.717) is 6.61 Å². The first-order valence-corrected chi connectivity index (χ1v) is 2.31. The van der Waals surface area contributed by atoms with E-state index in [-0.39, 0.29) is 0 Å². The van der Waals surface area contributed by atoms with Gasteiger partial charge in [0.05, 0.1) is 6.61 Å². The molecule has 0 aromatic carbocycles. The van der Waals surface area contributed by atoms with Gasteiger partial charge in [-0.2, -0.15) is 0 Å². The summed E-state index contributed by atoms with van der Waals surface area (Å²) in [7, 11) is 1.74. The van der Waals surface area contributed by atoms with E-state index in [1.54, 1.807) is 7.05 Å². The lowest BCUT2D eigenvalue weighted by Gasteiger charge is -1.91. The van der Waals surface area contributed by atoms with E-state index in [9.17, 15) is 0 Å². The van der Waals surface area contributed by atoms with E-state index >= 15 is 0 Å². The molecule has 7 heavy (non-hydrogen) atoms. The molecule has 2 nitrogen and oxygen atoms in total. The van der Waals surface area contributed by atoms with E-state index in [0.717, 1.165) is 0 Å². The van der Waals surface area contributed by atoms with Gasteiger partial charge in [-0.05, 0) is 6.92 Å². The quantitative estimate of drug-likeness (QED) is 0.321. The van der Waals surface area contributed by atoms with Crippen molar-refractivity contribution in [2.75, 3.05) is 13.7 Å². The largest absolute Gasteiger partial charge is 0.298 e. The molecule has 0 aromatic rings. The van der Waals surface area contributed by atoms with Gasteiger partial charge in [0.25, 0.3) is 0 Å². The molecule has 0 rings (SSSR count). The lowest BCUT2D eigenvalue weighted by atomic mass is 10.6. The Morgan fingerprint density at radius 2 is 2.43 bits per heavy atom. The van der Waals surface area contributed by atoms with E-state index < -0.39 is 0 Å². The number of hydrogen-bond acceptors (Lipinski definition) is 2. The van der Waals surface area contributed by atoms with Crippen LogP contribution in [0.4, 0.5) is 0 Å². The molecule has 0 saturated heterocycles. The third-order valence-electron chi connectivity index (χ3n) is 0.560. The van der Waals surface area contributed by atoms with Crippen molar-refractivity contribution >= 4 is 0 Å². The minimum atomic E-state index is 0.646. The molecule has 0 radical (unpaired) electrons. The fourth-order valence-corrected chi connectivity index (χ4v) is 0.228. The van der Waals surface area contributed by atoms with Crippen LogP contribution in [-0.2, 0) is 4.84 Å². The maximum atomic E-state index is 4.74. The lowest BCUT2D eigenvalue weighted by Crippen LogP contribution is -2.06. The fourth-order valence-electron chi connectivity index (χ4n) is 0.228. The van der Waals surface area contributed by atoms with Gasteiger partial charge in [0, 0.05) is 7.05 Å². The van der Waals surface area contributed by atoms with Gasteiger partial charge in [-0.15, -0.1) is 0 Å². The molecule has 0 aromatic heterocycles. The highest BCUT2D eigenvalue weighted by atomic mass is 16.6. The van der Waals surface area contributed by atoms with Crippen LogP contribution >= 0.6 is 0 Å². The minimum absolute atomic E-state index is 0.646. The Balaban J connectivity index is 2.69. The Kier molecular flexibility index (Phi) is 5.39. The van der Waals surface area contributed by atoms with Crippen molar-refractivity contribution in [3.63, 3.8) is 0 Å². The van der Waals surface area contributed by atoms with E-state index in [1.165, 1.54) is 0 Å². The predicted molar refractivity (Wildman–Crippen MR) is 29.8 cm³/mol. The minimum Gasteiger partial charge on any atom is -0.298 e. The Morgan fingerprint density at radius 3 is 2.86 bits per heavy atom. The maximum Gasteiger partial charge on any atom is 0.0863 e. The first kappa shape index (κ1) is 6.66. The van der Waals surface area contributed by atoms with E-state index in [2.05, 4.69) is 5.48 Å². The topological polar surface area (TPSA) is 21.3 Å². The molecule has 0 heterocycles. The summed E-state index contributed by atoms with van der Waals surface area (Å²) in [6, 6.07) is 0. The molecule has 0 fully saturated rings. The zero-order chi connectivity index (χ0) is 5.54. The summed E-state index contributed by atoms with van der Waals surface area (Å²) in [5.41, 5.74) is 2.55. The van der Waals surface area contributed by atoms with Crippen molar-refractivity contribution in [2.45, 2.75) is 6.92 Å². The number of hydroxylamine groups is 1. The van der Waals surface area contributed by atoms with Crippen molar-refractivity contribution in [3.8, 4) is 0 Å². The second kappa shape index (κ2) is 5.66. The van der Waals surface area contributed by atoms with Crippen molar-refractivity contribution in [2.24, 2.45) is 0 Å². The third-order valence-corrected chi connectivity index (χ3v) is 0.560. The maximum absolute atomic E-state index is 4.74. The second-order valence-corrected chi connectivity index (χ2v) is 1.08. The number of allylic oxidation sites excluding steroid dienone is 1. The summed E-state index contributed by atoms with van der Waals surface area (Å²) in [6.07, 6.45) is 3.87. The van der Waals surface area contributed by atoms with Gasteiger partial charge in [-0.3, -0.25) is 4.84 Å². The summed E-state index contributed by atoms with van der Waals surface area (Å²) in [5, 5.41) is 0. The average Bonchev–Trinajstić information content (AvgIpc) is 1.69. The van der Waals surface area contributed by atoms with Crippen molar-refractivity contribution in [3.05, 3.63) is 12.2 Å². The number of rotatable bonds is 3. The number of hydrogen-bond donors (Lipinski definition) is 1. The Morgan fingerprint density at radius 1 is 1.71 bits per heavy atom. The molecule has 0 bridgehead atoms. The summed E-state index contributed by atoms with van der Waals surface area (Å²) < 4.78 is 0. The van der Waals surface area contributed by atoms with Crippen LogP contribution in [0.3, 0.4) is 0 Å². The molecule has 42 valence electrons. The van der Waals surface area contributed by atoms with Crippen LogP contribution in [0, 0.1) is 0 Å². The van der Waals surface area contributed by atoms with Crippen LogP contribution in [0.15, 0.2) is 12.2 Å². The summed E-state index contributed by atoms with van der Waals surface area (Å²) in [6.45, 7) is 2.60. The van der Waals surface area contributed by atoms with Crippen LogP contribution < -0.4 is 5.48 Å². The van der Waals surface area contributed by atoms with Crippen LogP contribution in [0.25, 0.3) is 0 Å². The van der Waals surface area contributed by atoms with Gasteiger partial charge < -0.3 is 0 Å². The Labute approximate surface area is 44.1 Å². The molecular weight excluding hydrogens is 90.1 g/mol. The fraction of sp³-hybridized carbons (Fsp3) is 0.600. The highest BCUT2D eigenvalue weighted by Crippen LogP contribution is 1.68. The van der Waals surface area contributed by atoms with Crippen molar-refractivity contribution in [1.82, 2.24) is 5.48 Å². The number of nitrogens with one attached hydrogen (secondary N) is 1. The molecular formula is C5H11NO. The molecule has 0 aliphatic carbocycles. The van der Waals surface area contributed by atoms with Gasteiger partial charge in [0.1, 0.15) is 0 Å². The molecule has 0 spiro atoms. The van der Waals surface area contributed by atoms with Crippen LogP contribution in [0.2, 0.25) is 0 Å². The zero-order valence-electron chi connectivity index (χ0n) is 4.77. The molecule has 0 aliphatic heterocycles. The van der Waals surface area contributed by atoms with Crippen LogP contribution in [0.1, 0.15) is 6.92 Å². The monoisotopic (exact) mass is 101 g/mol. The van der Waals surface area contributed by atoms with Gasteiger partial charge in [-0.25, -0.2) is 5.48 Å². The highest BCUT2D eigenvalue weighted by molar-refractivity contribution is 4.75. The molecule has 1 N–H and O–H groups in total. The van der Waals surface area contributed by atoms with Crippen molar-refractivity contribution < 1.29 is 4.84 Å². The molecule has 0 atom stereocenters. The van der Waals surface area contributed by atoms with Gasteiger partial charge in [-0.1, -0.05) is 12.2 Å². The molecule has 2 heteroatoms. The van der Waals surface area contributed by atoms with Gasteiger partial charge in [0.2, 0.25) is 0 Å². The average molecular weight is 101 g/mol. The van der Waals surface area contributed by atoms with Gasteiger partial charge in [0.15, 0.2) is 0 Å². The van der Waals surface area contributed by atoms with Crippen LogP contribution in [0.5, 0.6) is 0 Å². The van der Waals surface area contributed by atoms with Crippen LogP contribution in [-0.4, -0.2) is 13.7 Å². The Bertz CT molecular complexity index is 52.0. The summed E-state index contributed by atoms with van der Waals surface area (Å²) in [5.74, 6) is 0. The first-order valence-electron chi connectivity index (χ1n) is 2.31. The van der Waals surface area contributed by atoms with E-state index in [1.807, 2.05) is 19.1 Å². The van der Waals surface area contributed by atoms with Crippen molar-refractivity contribution in [1.29, 1.82) is 0 Å². The molecule has 0 unspecified atom stereocenters. The summed E-state index contributed by atoms with van der Waals surface area (Å²) >= 11 is 0. The predicted octanol–water partition coefficient (Wildman–Crippen LogP) is 0.714. The van der Waals surface area contributed by atoms with Gasteiger partial charge >= 0.3 is 0 Å². The molecule has 0 aliphatic rings. The SMILES string of the molecule is CC=CCONC. The Hall–Kier alpha value is -0.340. The summed E-state index contributed by atoms with van der Waals surface area (Å²) in [4.78, 5) is 4.74. The lowest BCUT2D eigenvalue weighted by molar-refractivity contribution is 0.0810. The standard InChI is InChI=1S/C5H11NO/c1-3-4-5-7-6-2/h3-4,6H,5H2,1-2H3. The zero-order valence-corrected chi connectivity index (χ0v) is 4.77. The highest BCUT2D eigenvalue weighted by Gasteiger charge is 1.68. The normalized spacial score (nSPS) is 10.6. The molecule has 0 saturated carbocycles. The first-order chi connectivity index (χ1) is 3.41. The van der Waals surface area contributed by atoms with E-state index in [4.69, 9.17) is 4.84 Å².